The second-order valence-electron chi connectivity index (χ2n) is 6.37. The lowest BCUT2D eigenvalue weighted by atomic mass is 10.1. The molecule has 0 saturated carbocycles. The molecule has 2 aromatic carbocycles. The third-order valence-corrected chi connectivity index (χ3v) is 7.67. The first kappa shape index (κ1) is 20.1. The molecule has 0 amide bonds. The van der Waals surface area contributed by atoms with Gasteiger partial charge in [-0.3, -0.25) is 4.79 Å². The van der Waals surface area contributed by atoms with Crippen LogP contribution in [0.4, 0.5) is 0 Å². The summed E-state index contributed by atoms with van der Waals surface area (Å²) >= 11 is 4.83. The van der Waals surface area contributed by atoms with Gasteiger partial charge in [0.05, 0.1) is 21.2 Å². The second kappa shape index (κ2) is 9.11. The van der Waals surface area contributed by atoms with E-state index >= 15 is 0 Å². The van der Waals surface area contributed by atoms with Crippen molar-refractivity contribution in [2.24, 2.45) is 0 Å². The number of para-hydroxylation sites is 1. The van der Waals surface area contributed by atoms with Gasteiger partial charge in [-0.1, -0.05) is 66.0 Å². The van der Waals surface area contributed by atoms with Gasteiger partial charge < -0.3 is 4.57 Å². The van der Waals surface area contributed by atoms with Crippen LogP contribution < -0.4 is 0 Å². The number of nitrogens with zero attached hydrogens (tertiary/aromatic N) is 4. The quantitative estimate of drug-likeness (QED) is 0.264. The molecule has 0 bridgehead atoms. The predicted molar refractivity (Wildman–Crippen MR) is 121 cm³/mol. The summed E-state index contributed by atoms with van der Waals surface area (Å²) in [6, 6.07) is 17.5. The van der Waals surface area contributed by atoms with Crippen molar-refractivity contribution in [2.45, 2.75) is 40.9 Å². The van der Waals surface area contributed by atoms with Gasteiger partial charge in [0.2, 0.25) is 0 Å². The molecule has 8 heteroatoms. The maximum atomic E-state index is 12.7. The summed E-state index contributed by atoms with van der Waals surface area (Å²) in [4.78, 5) is 17.3. The number of Topliss-reactive ketones (excluding diaryl/α,β-unsaturated/α-hetero) is 1. The summed E-state index contributed by atoms with van der Waals surface area (Å²) in [5.41, 5.74) is 1.75. The number of carbonyl (C=O) groups is 1. The van der Waals surface area contributed by atoms with Crippen molar-refractivity contribution in [3.05, 3.63) is 66.0 Å². The Labute approximate surface area is 182 Å². The third kappa shape index (κ3) is 4.55. The van der Waals surface area contributed by atoms with Crippen LogP contribution in [0.1, 0.15) is 30.0 Å². The van der Waals surface area contributed by atoms with Gasteiger partial charge in [0.25, 0.3) is 0 Å². The highest BCUT2D eigenvalue weighted by atomic mass is 32.2. The van der Waals surface area contributed by atoms with E-state index in [1.165, 1.54) is 16.5 Å². The Morgan fingerprint density at radius 1 is 1.10 bits per heavy atom. The summed E-state index contributed by atoms with van der Waals surface area (Å²) in [5, 5.41) is 9.29. The molecule has 148 valence electrons. The fourth-order valence-corrected chi connectivity index (χ4v) is 5.94. The van der Waals surface area contributed by atoms with Crippen molar-refractivity contribution in [3.8, 4) is 0 Å². The molecule has 0 aliphatic carbocycles. The van der Waals surface area contributed by atoms with Crippen LogP contribution in [0.3, 0.4) is 0 Å². The van der Waals surface area contributed by atoms with Crippen LogP contribution in [-0.4, -0.2) is 30.8 Å². The Bertz CT molecular complexity index is 1090. The lowest BCUT2D eigenvalue weighted by molar-refractivity contribution is 0.0994. The van der Waals surface area contributed by atoms with Crippen molar-refractivity contribution < 1.29 is 4.79 Å². The molecule has 0 saturated heterocycles. The molecule has 0 radical (unpaired) electrons. The Morgan fingerprint density at radius 3 is 2.62 bits per heavy atom. The van der Waals surface area contributed by atoms with Gasteiger partial charge in [0.1, 0.15) is 5.82 Å². The number of rotatable bonds is 8. The number of benzene rings is 2. The highest BCUT2D eigenvalue weighted by Crippen LogP contribution is 2.32. The van der Waals surface area contributed by atoms with E-state index in [4.69, 9.17) is 0 Å². The topological polar surface area (TPSA) is 60.7 Å². The normalized spacial score (nSPS) is 12.3. The monoisotopic (exact) mass is 440 g/mol. The van der Waals surface area contributed by atoms with Crippen molar-refractivity contribution >= 4 is 50.9 Å². The Morgan fingerprint density at radius 2 is 1.86 bits per heavy atom. The number of thiazole rings is 1. The van der Waals surface area contributed by atoms with Gasteiger partial charge in [-0.15, -0.1) is 21.5 Å². The standard InChI is InChI=1S/C21H20N4OS3/c1-3-25-18(13-27-21-22-16-11-7-8-12-17(16)29-21)23-24-20(25)28-14(2)19(26)15-9-5-4-6-10-15/h4-12,14H,3,13H2,1-2H3. The Hall–Kier alpha value is -2.16. The summed E-state index contributed by atoms with van der Waals surface area (Å²) in [6.45, 7) is 4.75. The van der Waals surface area contributed by atoms with Crippen LogP contribution in [0, 0.1) is 0 Å². The maximum absolute atomic E-state index is 12.7. The Balaban J connectivity index is 1.45. The van der Waals surface area contributed by atoms with Crippen molar-refractivity contribution in [1.82, 2.24) is 19.7 Å². The van der Waals surface area contributed by atoms with E-state index in [-0.39, 0.29) is 11.0 Å². The first-order chi connectivity index (χ1) is 14.2. The molecule has 4 aromatic rings. The van der Waals surface area contributed by atoms with E-state index in [2.05, 4.69) is 32.7 Å². The van der Waals surface area contributed by atoms with Gasteiger partial charge in [-0.25, -0.2) is 4.98 Å². The molecule has 0 aliphatic heterocycles. The number of carbonyl (C=O) groups excluding carboxylic acids is 1. The molecule has 0 N–H and O–H groups in total. The number of hydrogen-bond acceptors (Lipinski definition) is 7. The lowest BCUT2D eigenvalue weighted by Gasteiger charge is -2.11. The number of ketones is 1. The van der Waals surface area contributed by atoms with E-state index in [9.17, 15) is 4.79 Å². The summed E-state index contributed by atoms with van der Waals surface area (Å²) in [7, 11) is 0. The molecule has 29 heavy (non-hydrogen) atoms. The van der Waals surface area contributed by atoms with Crippen molar-refractivity contribution in [3.63, 3.8) is 0 Å². The highest BCUT2D eigenvalue weighted by Gasteiger charge is 2.21. The molecular formula is C21H20N4OS3. The minimum Gasteiger partial charge on any atom is -0.306 e. The Kier molecular flexibility index (Phi) is 6.32. The largest absolute Gasteiger partial charge is 0.306 e. The fraction of sp³-hybridized carbons (Fsp3) is 0.238. The van der Waals surface area contributed by atoms with E-state index in [0.29, 0.717) is 5.75 Å². The maximum Gasteiger partial charge on any atom is 0.191 e. The first-order valence-electron chi connectivity index (χ1n) is 9.32. The van der Waals surface area contributed by atoms with Crippen LogP contribution in [0.2, 0.25) is 0 Å². The molecule has 4 rings (SSSR count). The molecule has 0 fully saturated rings. The van der Waals surface area contributed by atoms with Gasteiger partial charge in [0.15, 0.2) is 15.3 Å². The summed E-state index contributed by atoms with van der Waals surface area (Å²) in [6.07, 6.45) is 0. The highest BCUT2D eigenvalue weighted by molar-refractivity contribution is 8.00. The zero-order chi connectivity index (χ0) is 20.2. The van der Waals surface area contributed by atoms with Gasteiger partial charge in [-0.2, -0.15) is 0 Å². The van der Waals surface area contributed by atoms with Crippen molar-refractivity contribution in [2.75, 3.05) is 0 Å². The molecule has 1 unspecified atom stereocenters. The number of hydrogen-bond donors (Lipinski definition) is 0. The fourth-order valence-electron chi connectivity index (χ4n) is 2.92. The molecular weight excluding hydrogens is 420 g/mol. The zero-order valence-corrected chi connectivity index (χ0v) is 18.6. The third-order valence-electron chi connectivity index (χ3n) is 4.42. The molecule has 5 nitrogen and oxygen atoms in total. The van der Waals surface area contributed by atoms with E-state index in [1.54, 1.807) is 23.1 Å². The minimum atomic E-state index is -0.225. The van der Waals surface area contributed by atoms with E-state index < -0.39 is 0 Å². The predicted octanol–water partition coefficient (Wildman–Crippen LogP) is 5.56. The van der Waals surface area contributed by atoms with Gasteiger partial charge in [0, 0.05) is 12.1 Å². The first-order valence-corrected chi connectivity index (χ1v) is 12.0. The van der Waals surface area contributed by atoms with Crippen molar-refractivity contribution in [1.29, 1.82) is 0 Å². The second-order valence-corrected chi connectivity index (χ2v) is 9.93. The van der Waals surface area contributed by atoms with E-state index in [1.807, 2.05) is 55.5 Å². The minimum absolute atomic E-state index is 0.103. The average molecular weight is 441 g/mol. The number of fused-ring (bicyclic) bond motifs is 1. The molecule has 0 aliphatic rings. The van der Waals surface area contributed by atoms with E-state index in [0.717, 1.165) is 32.9 Å². The summed E-state index contributed by atoms with van der Waals surface area (Å²) in [5.74, 6) is 1.70. The zero-order valence-electron chi connectivity index (χ0n) is 16.1. The number of thioether (sulfide) groups is 2. The summed E-state index contributed by atoms with van der Waals surface area (Å²) < 4.78 is 4.30. The molecule has 2 heterocycles. The average Bonchev–Trinajstić information content (AvgIpc) is 3.35. The van der Waals surface area contributed by atoms with Crippen LogP contribution in [0.5, 0.6) is 0 Å². The van der Waals surface area contributed by atoms with Crippen LogP contribution in [0.15, 0.2) is 64.1 Å². The smallest absolute Gasteiger partial charge is 0.191 e. The number of aromatic nitrogens is 4. The SMILES string of the molecule is CCn1c(CSc2nc3ccccc3s2)nnc1SC(C)C(=O)c1ccccc1. The molecule has 0 spiro atoms. The van der Waals surface area contributed by atoms with Crippen LogP contribution >= 0.6 is 34.9 Å². The van der Waals surface area contributed by atoms with Gasteiger partial charge in [-0.05, 0) is 26.0 Å². The van der Waals surface area contributed by atoms with Gasteiger partial charge >= 0.3 is 0 Å². The molecule has 2 aromatic heterocycles. The lowest BCUT2D eigenvalue weighted by Crippen LogP contribution is -2.14. The van der Waals surface area contributed by atoms with Crippen LogP contribution in [0.25, 0.3) is 10.2 Å². The molecule has 1 atom stereocenters. The van der Waals surface area contributed by atoms with Crippen LogP contribution in [-0.2, 0) is 12.3 Å².